The van der Waals surface area contributed by atoms with Crippen LogP contribution in [0.25, 0.3) is 0 Å². The number of anilines is 2. The molecule has 2 aliphatic heterocycles. The van der Waals surface area contributed by atoms with Crippen molar-refractivity contribution < 1.29 is 9.90 Å². The maximum absolute atomic E-state index is 12.4. The van der Waals surface area contributed by atoms with Crippen LogP contribution in [0.2, 0.25) is 0 Å². The molecule has 0 spiro atoms. The number of hydrogen-bond donors (Lipinski definition) is 1. The summed E-state index contributed by atoms with van der Waals surface area (Å²) in [5.41, 5.74) is 2.38. The van der Waals surface area contributed by atoms with E-state index in [4.69, 9.17) is 11.6 Å². The topological polar surface area (TPSA) is 94.3 Å². The average Bonchev–Trinajstić information content (AvgIpc) is 3.20. The number of carbonyl (C=O) groups is 1. The van der Waals surface area contributed by atoms with Gasteiger partial charge < -0.3 is 10.0 Å². The highest BCUT2D eigenvalue weighted by Crippen LogP contribution is 2.45. The van der Waals surface area contributed by atoms with E-state index < -0.39 is 11.4 Å². The Balaban J connectivity index is 1.39. The van der Waals surface area contributed by atoms with Gasteiger partial charge in [0, 0.05) is 5.56 Å². The number of fused-ring (bicyclic) bond motifs is 1. The minimum Gasteiger partial charge on any atom is -0.508 e. The third-order valence-electron chi connectivity index (χ3n) is 4.91. The number of hydrogen-bond acceptors (Lipinski definition) is 8. The second-order valence-electron chi connectivity index (χ2n) is 6.66. The molecule has 3 heterocycles. The average molecular weight is 427 g/mol. The lowest BCUT2D eigenvalue weighted by Crippen LogP contribution is -2.56. The van der Waals surface area contributed by atoms with Crippen molar-refractivity contribution in [2.24, 2.45) is 10.2 Å². The zero-order chi connectivity index (χ0) is 20.0. The molecule has 1 N–H and O–H groups in total. The van der Waals surface area contributed by atoms with Crippen LogP contribution in [-0.4, -0.2) is 33.3 Å². The molecule has 5 rings (SSSR count). The van der Waals surface area contributed by atoms with E-state index in [1.807, 2.05) is 24.3 Å². The standard InChI is InChI=1S/C19H15ClN6O2S/c20-16-17(11-5-1-4-8-14(11)27)26(18(16)28)19-24-23-15(29-19)9-25-10-21-22-12-6-2-3-7-13(12)25/h1-8,16-17,27H,9-10H2. The molecule has 2 aromatic carbocycles. The number of azo groups is 1. The second kappa shape index (κ2) is 7.09. The van der Waals surface area contributed by atoms with Crippen molar-refractivity contribution in [3.63, 3.8) is 0 Å². The molecule has 1 saturated heterocycles. The fraction of sp³-hybridized carbons (Fsp3) is 0.211. The van der Waals surface area contributed by atoms with Gasteiger partial charge in [0.1, 0.15) is 28.5 Å². The maximum Gasteiger partial charge on any atom is 0.250 e. The van der Waals surface area contributed by atoms with Crippen LogP contribution in [0.4, 0.5) is 16.5 Å². The van der Waals surface area contributed by atoms with Crippen LogP contribution in [0.5, 0.6) is 5.75 Å². The second-order valence-corrected chi connectivity index (χ2v) is 8.17. The van der Waals surface area contributed by atoms with E-state index in [1.54, 1.807) is 24.3 Å². The van der Waals surface area contributed by atoms with E-state index in [9.17, 15) is 9.90 Å². The van der Waals surface area contributed by atoms with Crippen LogP contribution in [0, 0.1) is 0 Å². The first kappa shape index (κ1) is 18.0. The number of carbonyl (C=O) groups excluding carboxylic acids is 1. The van der Waals surface area contributed by atoms with E-state index in [-0.39, 0.29) is 11.7 Å². The highest BCUT2D eigenvalue weighted by Gasteiger charge is 2.50. The van der Waals surface area contributed by atoms with E-state index >= 15 is 0 Å². The molecule has 2 atom stereocenters. The number of rotatable bonds is 4. The first-order valence-electron chi connectivity index (χ1n) is 8.92. The number of β-lactam (4-membered cyclic amide) rings is 1. The molecule has 0 radical (unpaired) electrons. The first-order valence-corrected chi connectivity index (χ1v) is 10.2. The van der Waals surface area contributed by atoms with Crippen molar-refractivity contribution in [1.29, 1.82) is 0 Å². The van der Waals surface area contributed by atoms with E-state index in [0.29, 0.717) is 23.9 Å². The number of nitrogens with zero attached hydrogens (tertiary/aromatic N) is 6. The molecule has 1 fully saturated rings. The summed E-state index contributed by atoms with van der Waals surface area (Å²) >= 11 is 7.58. The van der Waals surface area contributed by atoms with Crippen molar-refractivity contribution >= 4 is 45.4 Å². The zero-order valence-electron chi connectivity index (χ0n) is 15.0. The van der Waals surface area contributed by atoms with Crippen LogP contribution in [0.3, 0.4) is 0 Å². The number of aromatic hydroxyl groups is 1. The first-order chi connectivity index (χ1) is 14.1. The summed E-state index contributed by atoms with van der Waals surface area (Å²) in [6.07, 6.45) is 0. The monoisotopic (exact) mass is 426 g/mol. The molecule has 2 unspecified atom stereocenters. The van der Waals surface area contributed by atoms with E-state index in [2.05, 4.69) is 25.3 Å². The zero-order valence-corrected chi connectivity index (χ0v) is 16.6. The van der Waals surface area contributed by atoms with Gasteiger partial charge in [0.15, 0.2) is 0 Å². The molecule has 0 bridgehead atoms. The molecule has 0 saturated carbocycles. The Morgan fingerprint density at radius 3 is 2.79 bits per heavy atom. The number of halogens is 1. The van der Waals surface area contributed by atoms with E-state index in [0.717, 1.165) is 16.4 Å². The van der Waals surface area contributed by atoms with Crippen LogP contribution in [0.15, 0.2) is 58.8 Å². The van der Waals surface area contributed by atoms with Crippen LogP contribution in [0.1, 0.15) is 16.6 Å². The lowest BCUT2D eigenvalue weighted by Gasteiger charge is -2.42. The largest absolute Gasteiger partial charge is 0.508 e. The van der Waals surface area contributed by atoms with Crippen molar-refractivity contribution in [3.8, 4) is 5.75 Å². The number of phenolic OH excluding ortho intramolecular Hbond substituents is 1. The summed E-state index contributed by atoms with van der Waals surface area (Å²) in [6, 6.07) is 14.1. The summed E-state index contributed by atoms with van der Waals surface area (Å²) in [5, 5.41) is 27.4. The normalized spacial score (nSPS) is 20.5. The SMILES string of the molecule is O=C1C(Cl)C(c2ccccc2O)N1c1nnc(CN2CN=Nc3ccccc32)s1. The highest BCUT2D eigenvalue weighted by molar-refractivity contribution is 7.15. The van der Waals surface area contributed by atoms with E-state index in [1.165, 1.54) is 16.2 Å². The Morgan fingerprint density at radius 2 is 1.93 bits per heavy atom. The third-order valence-corrected chi connectivity index (χ3v) is 6.24. The van der Waals surface area contributed by atoms with Gasteiger partial charge in [-0.05, 0) is 18.2 Å². The highest BCUT2D eigenvalue weighted by atomic mass is 35.5. The lowest BCUT2D eigenvalue weighted by molar-refractivity contribution is -0.123. The fourth-order valence-corrected chi connectivity index (χ4v) is 4.73. The smallest absolute Gasteiger partial charge is 0.250 e. The van der Waals surface area contributed by atoms with Gasteiger partial charge in [-0.1, -0.05) is 41.7 Å². The molecule has 3 aromatic rings. The summed E-state index contributed by atoms with van der Waals surface area (Å²) in [7, 11) is 0. The van der Waals surface area contributed by atoms with Crippen molar-refractivity contribution in [2.75, 3.05) is 16.5 Å². The molecule has 2 aliphatic rings. The van der Waals surface area contributed by atoms with Gasteiger partial charge in [-0.2, -0.15) is 10.2 Å². The Labute approximate surface area is 175 Å². The number of phenols is 1. The van der Waals surface area contributed by atoms with Gasteiger partial charge >= 0.3 is 0 Å². The number of aromatic nitrogens is 2. The molecule has 8 nitrogen and oxygen atoms in total. The minimum absolute atomic E-state index is 0.0978. The van der Waals surface area contributed by atoms with Crippen LogP contribution < -0.4 is 9.80 Å². The summed E-state index contributed by atoms with van der Waals surface area (Å²) in [4.78, 5) is 16.0. The Hall–Kier alpha value is -3.04. The fourth-order valence-electron chi connectivity index (χ4n) is 3.48. The number of alkyl halides is 1. The molecular weight excluding hydrogens is 412 g/mol. The van der Waals surface area contributed by atoms with Gasteiger partial charge in [0.25, 0.3) is 0 Å². The van der Waals surface area contributed by atoms with Gasteiger partial charge in [0.2, 0.25) is 11.0 Å². The van der Waals surface area contributed by atoms with Gasteiger partial charge in [-0.15, -0.1) is 21.8 Å². The third kappa shape index (κ3) is 3.02. The number of para-hydroxylation sites is 2. The summed E-state index contributed by atoms with van der Waals surface area (Å²) < 4.78 is 0. The Bertz CT molecular complexity index is 1120. The maximum atomic E-state index is 12.4. The molecule has 29 heavy (non-hydrogen) atoms. The lowest BCUT2D eigenvalue weighted by atomic mass is 9.93. The van der Waals surface area contributed by atoms with Crippen molar-refractivity contribution in [2.45, 2.75) is 18.0 Å². The van der Waals surface area contributed by atoms with Crippen molar-refractivity contribution in [3.05, 3.63) is 59.1 Å². The van der Waals surface area contributed by atoms with Crippen molar-refractivity contribution in [1.82, 2.24) is 10.2 Å². The van der Waals surface area contributed by atoms with Crippen LogP contribution in [-0.2, 0) is 11.3 Å². The van der Waals surface area contributed by atoms with Gasteiger partial charge in [-0.3, -0.25) is 9.69 Å². The quantitative estimate of drug-likeness (QED) is 0.502. The summed E-state index contributed by atoms with van der Waals surface area (Å²) in [6.45, 7) is 0.931. The number of amides is 1. The number of benzene rings is 2. The molecule has 1 amide bonds. The minimum atomic E-state index is -0.745. The molecule has 146 valence electrons. The predicted octanol–water partition coefficient (Wildman–Crippen LogP) is 4.00. The molecule has 10 heteroatoms. The predicted molar refractivity (Wildman–Crippen MR) is 110 cm³/mol. The summed E-state index contributed by atoms with van der Waals surface area (Å²) in [5.74, 6) is -0.152. The van der Waals surface area contributed by atoms with Gasteiger partial charge in [0.05, 0.1) is 18.3 Å². The molecule has 0 aliphatic carbocycles. The molecule has 1 aromatic heterocycles. The van der Waals surface area contributed by atoms with Gasteiger partial charge in [-0.25, -0.2) is 0 Å². The Morgan fingerprint density at radius 1 is 1.14 bits per heavy atom. The van der Waals surface area contributed by atoms with Crippen LogP contribution >= 0.6 is 22.9 Å². The Kier molecular flexibility index (Phi) is 4.40. The molecular formula is C19H15ClN6O2S.